The quantitative estimate of drug-likeness (QED) is 0.284. The summed E-state index contributed by atoms with van der Waals surface area (Å²) >= 11 is 2.26. The molecule has 0 heterocycles. The van der Waals surface area contributed by atoms with E-state index < -0.39 is 5.60 Å². The van der Waals surface area contributed by atoms with E-state index in [0.717, 1.165) is 23.1 Å². The Morgan fingerprint density at radius 3 is 1.46 bits per heavy atom. The van der Waals surface area contributed by atoms with E-state index in [4.69, 9.17) is 4.74 Å². The van der Waals surface area contributed by atoms with E-state index in [2.05, 4.69) is 108 Å². The molecule has 3 rings (SSSR count). The molecule has 26 heavy (non-hydrogen) atoms. The molecule has 0 aromatic heterocycles. The van der Waals surface area contributed by atoms with Crippen LogP contribution in [0.2, 0.25) is 0 Å². The highest BCUT2D eigenvalue weighted by Crippen LogP contribution is 2.41. The van der Waals surface area contributed by atoms with Crippen LogP contribution in [0.25, 0.3) is 0 Å². The van der Waals surface area contributed by atoms with Crippen LogP contribution in [0.4, 0.5) is 0 Å². The monoisotopic (exact) mass is 454 g/mol. The predicted octanol–water partition coefficient (Wildman–Crippen LogP) is 6.72. The molecule has 1 nitrogen and oxygen atoms in total. The van der Waals surface area contributed by atoms with Crippen molar-refractivity contribution < 1.29 is 4.74 Å². The summed E-state index contributed by atoms with van der Waals surface area (Å²) in [6.45, 7) is 2.16. The van der Waals surface area contributed by atoms with E-state index in [1.54, 1.807) is 0 Å². The summed E-state index contributed by atoms with van der Waals surface area (Å²) in [6, 6.07) is 31.5. The Balaban J connectivity index is 2.27. The summed E-state index contributed by atoms with van der Waals surface area (Å²) < 4.78 is 8.93. The summed E-state index contributed by atoms with van der Waals surface area (Å²) in [4.78, 5) is 0. The van der Waals surface area contributed by atoms with Crippen molar-refractivity contribution in [3.63, 3.8) is 0 Å². The van der Waals surface area contributed by atoms with Crippen molar-refractivity contribution in [3.8, 4) is 0 Å². The maximum absolute atomic E-state index is 6.89. The molecule has 1 unspecified atom stereocenters. The lowest BCUT2D eigenvalue weighted by molar-refractivity contribution is -0.0255. The average molecular weight is 454 g/mol. The molecule has 0 radical (unpaired) electrons. The smallest absolute Gasteiger partial charge is 0.144 e. The fourth-order valence-electron chi connectivity index (χ4n) is 3.29. The Hall–Kier alpha value is -1.91. The first-order valence-electron chi connectivity index (χ1n) is 8.92. The Labute approximate surface area is 169 Å². The fourth-order valence-corrected chi connectivity index (χ4v) is 3.75. The minimum atomic E-state index is -0.652. The third-order valence-electron chi connectivity index (χ3n) is 4.56. The SMILES string of the molecule is CCC(C=CI)OC(c1ccccc1)(c1ccccc1)c1ccccc1. The summed E-state index contributed by atoms with van der Waals surface area (Å²) in [5.41, 5.74) is 2.76. The highest BCUT2D eigenvalue weighted by atomic mass is 127. The Morgan fingerprint density at radius 2 is 1.15 bits per heavy atom. The zero-order chi connectivity index (χ0) is 18.2. The molecule has 3 aromatic rings. The first-order valence-corrected chi connectivity index (χ1v) is 10.2. The molecule has 0 aliphatic heterocycles. The molecule has 2 heteroatoms. The van der Waals surface area contributed by atoms with E-state index in [-0.39, 0.29) is 6.10 Å². The first-order chi connectivity index (χ1) is 12.8. The molecule has 0 N–H and O–H groups in total. The molecule has 0 spiro atoms. The van der Waals surface area contributed by atoms with Gasteiger partial charge in [0.05, 0.1) is 6.10 Å². The highest BCUT2D eigenvalue weighted by Gasteiger charge is 2.38. The molecule has 0 amide bonds. The van der Waals surface area contributed by atoms with E-state index in [9.17, 15) is 0 Å². The van der Waals surface area contributed by atoms with Crippen molar-refractivity contribution in [1.82, 2.24) is 0 Å². The van der Waals surface area contributed by atoms with Crippen LogP contribution in [-0.2, 0) is 10.3 Å². The molecule has 0 fully saturated rings. The van der Waals surface area contributed by atoms with Gasteiger partial charge in [-0.2, -0.15) is 0 Å². The second-order valence-electron chi connectivity index (χ2n) is 6.16. The van der Waals surface area contributed by atoms with E-state index in [0.29, 0.717) is 0 Å². The number of benzene rings is 3. The molecule has 0 bridgehead atoms. The van der Waals surface area contributed by atoms with Crippen LogP contribution in [0.3, 0.4) is 0 Å². The van der Waals surface area contributed by atoms with Crippen LogP contribution in [0.1, 0.15) is 30.0 Å². The van der Waals surface area contributed by atoms with Crippen molar-refractivity contribution in [1.29, 1.82) is 0 Å². The second-order valence-corrected chi connectivity index (χ2v) is 6.88. The predicted molar refractivity (Wildman–Crippen MR) is 118 cm³/mol. The van der Waals surface area contributed by atoms with E-state index in [1.807, 2.05) is 22.3 Å². The lowest BCUT2D eigenvalue weighted by Crippen LogP contribution is -2.36. The normalized spacial score (nSPS) is 13.0. The van der Waals surface area contributed by atoms with Gasteiger partial charge in [-0.3, -0.25) is 0 Å². The topological polar surface area (TPSA) is 9.23 Å². The number of halogens is 1. The zero-order valence-corrected chi connectivity index (χ0v) is 17.0. The molecule has 0 aliphatic carbocycles. The van der Waals surface area contributed by atoms with Crippen LogP contribution in [0, 0.1) is 0 Å². The zero-order valence-electron chi connectivity index (χ0n) is 14.9. The summed E-state index contributed by atoms with van der Waals surface area (Å²) in [5, 5.41) is 0. The van der Waals surface area contributed by atoms with Crippen molar-refractivity contribution in [2.45, 2.75) is 25.0 Å². The fraction of sp³-hybridized carbons (Fsp3) is 0.167. The van der Waals surface area contributed by atoms with Gasteiger partial charge in [0.2, 0.25) is 0 Å². The molecular formula is C24H23IO. The van der Waals surface area contributed by atoms with E-state index in [1.165, 1.54) is 0 Å². The lowest BCUT2D eigenvalue weighted by atomic mass is 9.80. The minimum Gasteiger partial charge on any atom is -0.354 e. The third kappa shape index (κ3) is 3.92. The van der Waals surface area contributed by atoms with Gasteiger partial charge in [0.25, 0.3) is 0 Å². The maximum atomic E-state index is 6.89. The molecule has 3 aromatic carbocycles. The van der Waals surface area contributed by atoms with Gasteiger partial charge in [-0.05, 0) is 33.3 Å². The van der Waals surface area contributed by atoms with Gasteiger partial charge < -0.3 is 4.74 Å². The van der Waals surface area contributed by atoms with Crippen molar-refractivity contribution in [2.75, 3.05) is 0 Å². The van der Waals surface area contributed by atoms with Crippen LogP contribution in [-0.4, -0.2) is 6.10 Å². The molecular weight excluding hydrogens is 431 g/mol. The summed E-state index contributed by atoms with van der Waals surface area (Å²) in [6.07, 6.45) is 3.06. The van der Waals surface area contributed by atoms with Crippen molar-refractivity contribution in [3.05, 3.63) is 118 Å². The number of rotatable bonds is 7. The standard InChI is InChI=1S/C24H23IO/c1-2-23(18-19-25)26-24(20-12-6-3-7-13-20,21-14-8-4-9-15-21)22-16-10-5-11-17-22/h3-19,23H,2H2,1H3. The van der Waals surface area contributed by atoms with Gasteiger partial charge in [0.1, 0.15) is 5.60 Å². The van der Waals surface area contributed by atoms with Crippen LogP contribution >= 0.6 is 22.6 Å². The number of hydrogen-bond donors (Lipinski definition) is 0. The lowest BCUT2D eigenvalue weighted by Gasteiger charge is -2.38. The van der Waals surface area contributed by atoms with Crippen LogP contribution in [0.15, 0.2) is 101 Å². The average Bonchev–Trinajstić information content (AvgIpc) is 2.73. The molecule has 0 aliphatic rings. The van der Waals surface area contributed by atoms with Gasteiger partial charge in [-0.1, -0.05) is 121 Å². The third-order valence-corrected chi connectivity index (χ3v) is 4.97. The van der Waals surface area contributed by atoms with Crippen LogP contribution < -0.4 is 0 Å². The van der Waals surface area contributed by atoms with E-state index >= 15 is 0 Å². The second kappa shape index (κ2) is 9.15. The van der Waals surface area contributed by atoms with Gasteiger partial charge in [0, 0.05) is 0 Å². The van der Waals surface area contributed by atoms with Crippen LogP contribution in [0.5, 0.6) is 0 Å². The van der Waals surface area contributed by atoms with Gasteiger partial charge >= 0.3 is 0 Å². The molecule has 132 valence electrons. The van der Waals surface area contributed by atoms with Crippen molar-refractivity contribution >= 4 is 22.6 Å². The molecule has 0 saturated carbocycles. The van der Waals surface area contributed by atoms with Crippen molar-refractivity contribution in [2.24, 2.45) is 0 Å². The first kappa shape index (κ1) is 18.9. The molecule has 0 saturated heterocycles. The minimum absolute atomic E-state index is 0.0209. The number of ether oxygens (including phenoxy) is 1. The Bertz CT molecular complexity index is 716. The van der Waals surface area contributed by atoms with Gasteiger partial charge in [0.15, 0.2) is 0 Å². The number of hydrogen-bond acceptors (Lipinski definition) is 1. The van der Waals surface area contributed by atoms with Gasteiger partial charge in [-0.15, -0.1) is 0 Å². The van der Waals surface area contributed by atoms with Gasteiger partial charge in [-0.25, -0.2) is 0 Å². The maximum Gasteiger partial charge on any atom is 0.144 e. The highest BCUT2D eigenvalue weighted by molar-refractivity contribution is 14.1. The summed E-state index contributed by atoms with van der Waals surface area (Å²) in [7, 11) is 0. The Kier molecular flexibility index (Phi) is 6.64. The molecule has 1 atom stereocenters. The Morgan fingerprint density at radius 1 is 0.769 bits per heavy atom. The summed E-state index contributed by atoms with van der Waals surface area (Å²) in [5.74, 6) is 0. The largest absolute Gasteiger partial charge is 0.354 e.